The number of imidazole rings is 1. The molecule has 1 heterocycles. The van der Waals surface area contributed by atoms with Crippen molar-refractivity contribution < 1.29 is 14.3 Å². The molecule has 1 aromatic heterocycles. The van der Waals surface area contributed by atoms with Crippen LogP contribution in [0, 0.1) is 13.8 Å². The summed E-state index contributed by atoms with van der Waals surface area (Å²) in [6.07, 6.45) is 1.86. The number of carbonyl (C=O) groups excluding carboxylic acids is 1. The Labute approximate surface area is 206 Å². The molecule has 0 saturated carbocycles. The van der Waals surface area contributed by atoms with Gasteiger partial charge in [0.25, 0.3) is 5.91 Å². The SMILES string of the molecule is COc1ccc(C(=O)NC(C)c2nc3ccccc3n2CCCCOc2c(C)cccc2C)cc1. The Hall–Kier alpha value is -3.80. The summed E-state index contributed by atoms with van der Waals surface area (Å²) < 4.78 is 13.5. The van der Waals surface area contributed by atoms with Gasteiger partial charge in [0.05, 0.1) is 30.8 Å². The van der Waals surface area contributed by atoms with Gasteiger partial charge >= 0.3 is 0 Å². The fourth-order valence-corrected chi connectivity index (χ4v) is 4.32. The lowest BCUT2D eigenvalue weighted by molar-refractivity contribution is 0.0937. The van der Waals surface area contributed by atoms with Gasteiger partial charge in [0.1, 0.15) is 17.3 Å². The molecule has 0 spiro atoms. The number of ether oxygens (including phenoxy) is 2. The first-order valence-electron chi connectivity index (χ1n) is 12.1. The number of rotatable bonds is 10. The van der Waals surface area contributed by atoms with Crippen LogP contribution in [0.15, 0.2) is 66.7 Å². The number of unbranched alkanes of at least 4 members (excludes halogenated alkanes) is 1. The Morgan fingerprint density at radius 3 is 2.40 bits per heavy atom. The van der Waals surface area contributed by atoms with E-state index in [2.05, 4.69) is 48.0 Å². The lowest BCUT2D eigenvalue weighted by atomic mass is 10.1. The van der Waals surface area contributed by atoms with Crippen molar-refractivity contribution in [3.63, 3.8) is 0 Å². The lowest BCUT2D eigenvalue weighted by Crippen LogP contribution is -2.28. The molecular formula is C29H33N3O3. The highest BCUT2D eigenvalue weighted by Crippen LogP contribution is 2.24. The molecule has 182 valence electrons. The maximum atomic E-state index is 12.8. The highest BCUT2D eigenvalue weighted by atomic mass is 16.5. The molecule has 0 saturated heterocycles. The van der Waals surface area contributed by atoms with Crippen LogP contribution in [0.4, 0.5) is 0 Å². The van der Waals surface area contributed by atoms with E-state index in [4.69, 9.17) is 14.5 Å². The quantitative estimate of drug-likeness (QED) is 0.288. The van der Waals surface area contributed by atoms with Crippen LogP contribution in [-0.2, 0) is 6.54 Å². The molecule has 0 bridgehead atoms. The van der Waals surface area contributed by atoms with Crippen molar-refractivity contribution in [1.82, 2.24) is 14.9 Å². The maximum Gasteiger partial charge on any atom is 0.251 e. The van der Waals surface area contributed by atoms with Gasteiger partial charge in [-0.2, -0.15) is 0 Å². The summed E-state index contributed by atoms with van der Waals surface area (Å²) in [5.74, 6) is 2.42. The van der Waals surface area contributed by atoms with Crippen molar-refractivity contribution in [2.45, 2.75) is 46.2 Å². The molecule has 0 radical (unpaired) electrons. The Morgan fingerprint density at radius 2 is 1.69 bits per heavy atom. The summed E-state index contributed by atoms with van der Waals surface area (Å²) in [5.41, 5.74) is 4.91. The van der Waals surface area contributed by atoms with Crippen LogP contribution in [-0.4, -0.2) is 29.2 Å². The van der Waals surface area contributed by atoms with E-state index in [1.54, 1.807) is 31.4 Å². The average Bonchev–Trinajstić information content (AvgIpc) is 3.24. The van der Waals surface area contributed by atoms with Crippen LogP contribution < -0.4 is 14.8 Å². The molecule has 1 unspecified atom stereocenters. The van der Waals surface area contributed by atoms with Crippen LogP contribution in [0.3, 0.4) is 0 Å². The maximum absolute atomic E-state index is 12.8. The van der Waals surface area contributed by atoms with E-state index >= 15 is 0 Å². The fourth-order valence-electron chi connectivity index (χ4n) is 4.32. The van der Waals surface area contributed by atoms with Gasteiger partial charge in [0.2, 0.25) is 0 Å². The molecule has 3 aromatic carbocycles. The van der Waals surface area contributed by atoms with Gasteiger partial charge in [-0.1, -0.05) is 30.3 Å². The van der Waals surface area contributed by atoms with E-state index < -0.39 is 0 Å². The van der Waals surface area contributed by atoms with Crippen LogP contribution >= 0.6 is 0 Å². The number of aromatic nitrogens is 2. The number of nitrogens with zero attached hydrogens (tertiary/aromatic N) is 2. The van der Waals surface area contributed by atoms with Crippen LogP contribution in [0.2, 0.25) is 0 Å². The molecule has 0 aliphatic heterocycles. The lowest BCUT2D eigenvalue weighted by Gasteiger charge is -2.17. The molecule has 1 amide bonds. The van der Waals surface area contributed by atoms with Gasteiger partial charge in [-0.15, -0.1) is 0 Å². The molecule has 0 aliphatic rings. The first kappa shape index (κ1) is 24.3. The molecular weight excluding hydrogens is 438 g/mol. The van der Waals surface area contributed by atoms with E-state index in [9.17, 15) is 4.79 Å². The predicted octanol–water partition coefficient (Wildman–Crippen LogP) is 6.01. The standard InChI is InChI=1S/C29H33N3O3/c1-20-10-9-11-21(2)27(20)35-19-8-7-18-32-26-13-6-5-12-25(26)31-28(32)22(3)30-29(33)23-14-16-24(34-4)17-15-23/h5-6,9-17,22H,7-8,18-19H2,1-4H3,(H,30,33). The largest absolute Gasteiger partial charge is 0.497 e. The van der Waals surface area contributed by atoms with E-state index in [-0.39, 0.29) is 11.9 Å². The molecule has 0 aliphatic carbocycles. The summed E-state index contributed by atoms with van der Waals surface area (Å²) in [4.78, 5) is 17.7. The minimum absolute atomic E-state index is 0.138. The normalized spacial score (nSPS) is 11.9. The smallest absolute Gasteiger partial charge is 0.251 e. The van der Waals surface area contributed by atoms with Crippen molar-refractivity contribution in [3.05, 3.63) is 89.2 Å². The zero-order valence-electron chi connectivity index (χ0n) is 20.9. The number of para-hydroxylation sites is 3. The Kier molecular flexibility index (Phi) is 7.70. The minimum Gasteiger partial charge on any atom is -0.497 e. The molecule has 4 aromatic rings. The van der Waals surface area contributed by atoms with Gasteiger partial charge in [0, 0.05) is 12.1 Å². The second-order valence-corrected chi connectivity index (χ2v) is 8.81. The van der Waals surface area contributed by atoms with E-state index in [0.29, 0.717) is 12.2 Å². The highest BCUT2D eigenvalue weighted by molar-refractivity contribution is 5.94. The summed E-state index contributed by atoms with van der Waals surface area (Å²) in [6, 6.07) is 21.2. The number of fused-ring (bicyclic) bond motifs is 1. The Balaban J connectivity index is 1.43. The van der Waals surface area contributed by atoms with Crippen molar-refractivity contribution in [1.29, 1.82) is 0 Å². The number of amides is 1. The summed E-state index contributed by atoms with van der Waals surface area (Å²) >= 11 is 0. The van der Waals surface area contributed by atoms with Gasteiger partial charge in [-0.3, -0.25) is 4.79 Å². The monoisotopic (exact) mass is 471 g/mol. The number of methoxy groups -OCH3 is 1. The molecule has 1 N–H and O–H groups in total. The number of benzene rings is 3. The fraction of sp³-hybridized carbons (Fsp3) is 0.310. The number of nitrogens with one attached hydrogen (secondary N) is 1. The second kappa shape index (κ2) is 11.1. The third-order valence-corrected chi connectivity index (χ3v) is 6.20. The van der Waals surface area contributed by atoms with E-state index in [0.717, 1.165) is 58.9 Å². The second-order valence-electron chi connectivity index (χ2n) is 8.81. The Bertz CT molecular complexity index is 1270. The predicted molar refractivity (Wildman–Crippen MR) is 139 cm³/mol. The number of carbonyl (C=O) groups is 1. The van der Waals surface area contributed by atoms with Crippen LogP contribution in [0.25, 0.3) is 11.0 Å². The molecule has 4 rings (SSSR count). The Morgan fingerprint density at radius 1 is 0.971 bits per heavy atom. The molecule has 35 heavy (non-hydrogen) atoms. The number of aryl methyl sites for hydroxylation is 3. The first-order valence-corrected chi connectivity index (χ1v) is 12.1. The third kappa shape index (κ3) is 5.65. The van der Waals surface area contributed by atoms with Crippen LogP contribution in [0.1, 0.15) is 53.1 Å². The van der Waals surface area contributed by atoms with Gasteiger partial charge in [-0.05, 0) is 81.1 Å². The first-order chi connectivity index (χ1) is 17.0. The number of hydrogen-bond acceptors (Lipinski definition) is 4. The zero-order valence-corrected chi connectivity index (χ0v) is 20.9. The molecule has 1 atom stereocenters. The summed E-state index contributed by atoms with van der Waals surface area (Å²) in [6.45, 7) is 7.59. The number of hydrogen-bond donors (Lipinski definition) is 1. The molecule has 0 fully saturated rings. The average molecular weight is 472 g/mol. The summed E-state index contributed by atoms with van der Waals surface area (Å²) in [7, 11) is 1.61. The van der Waals surface area contributed by atoms with Gasteiger partial charge < -0.3 is 19.4 Å². The zero-order chi connectivity index (χ0) is 24.8. The van der Waals surface area contributed by atoms with Crippen molar-refractivity contribution >= 4 is 16.9 Å². The van der Waals surface area contributed by atoms with Crippen molar-refractivity contribution in [2.24, 2.45) is 0 Å². The molecule has 6 nitrogen and oxygen atoms in total. The highest BCUT2D eigenvalue weighted by Gasteiger charge is 2.19. The minimum atomic E-state index is -0.247. The molecule has 6 heteroatoms. The van der Waals surface area contributed by atoms with Gasteiger partial charge in [-0.25, -0.2) is 4.98 Å². The summed E-state index contributed by atoms with van der Waals surface area (Å²) in [5, 5.41) is 3.10. The van der Waals surface area contributed by atoms with Crippen molar-refractivity contribution in [2.75, 3.05) is 13.7 Å². The van der Waals surface area contributed by atoms with E-state index in [1.165, 1.54) is 0 Å². The van der Waals surface area contributed by atoms with Crippen LogP contribution in [0.5, 0.6) is 11.5 Å². The van der Waals surface area contributed by atoms with E-state index in [1.807, 2.05) is 25.1 Å². The topological polar surface area (TPSA) is 65.4 Å². The van der Waals surface area contributed by atoms with Gasteiger partial charge in [0.15, 0.2) is 0 Å². The van der Waals surface area contributed by atoms with Crippen molar-refractivity contribution in [3.8, 4) is 11.5 Å². The third-order valence-electron chi connectivity index (χ3n) is 6.20.